The maximum atomic E-state index is 13.5. The molecule has 2 rings (SSSR count). The first-order chi connectivity index (χ1) is 9.78. The molecule has 0 spiro atoms. The Balaban J connectivity index is 2.04. The minimum atomic E-state index is -1.21. The molecular weight excluding hydrogens is 253 g/mol. The lowest BCUT2D eigenvalue weighted by atomic mass is 10.1. The highest BCUT2D eigenvalue weighted by atomic mass is 19.1. The smallest absolute Gasteiger partial charge is 0.136 e. The fourth-order valence-electron chi connectivity index (χ4n) is 2.21. The first-order valence-corrected chi connectivity index (χ1v) is 6.83. The molecule has 1 N–H and O–H groups in total. The number of aliphatic hydroxyl groups is 1. The molecule has 2 aromatic carbocycles. The zero-order valence-corrected chi connectivity index (χ0v) is 11.5. The van der Waals surface area contributed by atoms with Crippen LogP contribution in [0.4, 0.5) is 4.39 Å². The molecule has 0 fully saturated rings. The highest BCUT2D eigenvalue weighted by Gasteiger charge is 2.13. The highest BCUT2D eigenvalue weighted by Crippen LogP contribution is 2.11. The topological polar surface area (TPSA) is 23.5 Å². The Hall–Kier alpha value is -1.71. The highest BCUT2D eigenvalue weighted by molar-refractivity contribution is 5.17. The first-order valence-electron chi connectivity index (χ1n) is 6.83. The van der Waals surface area contributed by atoms with E-state index in [1.165, 1.54) is 0 Å². The Morgan fingerprint density at radius 2 is 1.30 bits per heavy atom. The maximum absolute atomic E-state index is 13.5. The van der Waals surface area contributed by atoms with Crippen molar-refractivity contribution in [1.82, 2.24) is 4.90 Å². The summed E-state index contributed by atoms with van der Waals surface area (Å²) in [5.41, 5.74) is 2.29. The number of alkyl halides is 1. The predicted octanol–water partition coefficient (Wildman–Crippen LogP) is 3.02. The molecular formula is C17H20FNO. The van der Waals surface area contributed by atoms with E-state index in [9.17, 15) is 4.39 Å². The molecule has 1 atom stereocenters. The van der Waals surface area contributed by atoms with E-state index in [0.717, 1.165) is 11.1 Å². The fraction of sp³-hybridized carbons (Fsp3) is 0.294. The maximum Gasteiger partial charge on any atom is 0.136 e. The van der Waals surface area contributed by atoms with Crippen molar-refractivity contribution >= 4 is 0 Å². The van der Waals surface area contributed by atoms with Crippen LogP contribution in [0.5, 0.6) is 0 Å². The van der Waals surface area contributed by atoms with Gasteiger partial charge in [-0.3, -0.25) is 4.90 Å². The molecule has 0 heterocycles. The van der Waals surface area contributed by atoms with Crippen molar-refractivity contribution in [2.24, 2.45) is 0 Å². The Morgan fingerprint density at radius 3 is 1.70 bits per heavy atom. The first kappa shape index (κ1) is 14.7. The average Bonchev–Trinajstić information content (AvgIpc) is 2.49. The second-order valence-corrected chi connectivity index (χ2v) is 4.92. The van der Waals surface area contributed by atoms with Crippen LogP contribution >= 0.6 is 0 Å². The molecule has 106 valence electrons. The van der Waals surface area contributed by atoms with Crippen molar-refractivity contribution in [2.75, 3.05) is 13.2 Å². The van der Waals surface area contributed by atoms with Crippen LogP contribution in [-0.2, 0) is 13.1 Å². The van der Waals surface area contributed by atoms with Crippen LogP contribution in [-0.4, -0.2) is 29.3 Å². The lowest BCUT2D eigenvalue weighted by molar-refractivity contribution is 0.119. The number of aliphatic hydroxyl groups excluding tert-OH is 1. The minimum Gasteiger partial charge on any atom is -0.393 e. The van der Waals surface area contributed by atoms with Gasteiger partial charge in [-0.05, 0) is 11.1 Å². The van der Waals surface area contributed by atoms with Crippen molar-refractivity contribution in [2.45, 2.75) is 19.3 Å². The molecule has 0 saturated heterocycles. The average molecular weight is 273 g/mol. The van der Waals surface area contributed by atoms with Gasteiger partial charge in [0.2, 0.25) is 0 Å². The molecule has 0 aliphatic heterocycles. The fourth-order valence-corrected chi connectivity index (χ4v) is 2.21. The third kappa shape index (κ3) is 4.76. The summed E-state index contributed by atoms with van der Waals surface area (Å²) in [6.07, 6.45) is -1.21. The van der Waals surface area contributed by atoms with Gasteiger partial charge in [0.25, 0.3) is 0 Å². The molecule has 0 saturated carbocycles. The number of benzene rings is 2. The van der Waals surface area contributed by atoms with Gasteiger partial charge in [0.05, 0.1) is 6.61 Å². The van der Waals surface area contributed by atoms with Gasteiger partial charge in [0, 0.05) is 19.6 Å². The molecule has 0 aliphatic rings. The predicted molar refractivity (Wildman–Crippen MR) is 79.0 cm³/mol. The van der Waals surface area contributed by atoms with Crippen LogP contribution in [0, 0.1) is 0 Å². The third-order valence-corrected chi connectivity index (χ3v) is 3.15. The number of nitrogens with zero attached hydrogens (tertiary/aromatic N) is 1. The molecule has 3 heteroatoms. The van der Waals surface area contributed by atoms with Crippen molar-refractivity contribution in [1.29, 1.82) is 0 Å². The Kier molecular flexibility index (Phi) is 5.71. The van der Waals surface area contributed by atoms with Crippen LogP contribution < -0.4 is 0 Å². The summed E-state index contributed by atoms with van der Waals surface area (Å²) in [4.78, 5) is 2.02. The van der Waals surface area contributed by atoms with E-state index >= 15 is 0 Å². The number of rotatable bonds is 7. The van der Waals surface area contributed by atoms with E-state index in [0.29, 0.717) is 13.1 Å². The van der Waals surface area contributed by atoms with Crippen molar-refractivity contribution in [3.05, 3.63) is 71.8 Å². The summed E-state index contributed by atoms with van der Waals surface area (Å²) in [6, 6.07) is 20.0. The number of halogens is 1. The summed E-state index contributed by atoms with van der Waals surface area (Å²) in [5, 5.41) is 8.91. The number of hydrogen-bond donors (Lipinski definition) is 1. The molecule has 1 unspecified atom stereocenters. The quantitative estimate of drug-likeness (QED) is 0.838. The van der Waals surface area contributed by atoms with Gasteiger partial charge in [-0.25, -0.2) is 4.39 Å². The molecule has 0 radical (unpaired) electrons. The monoisotopic (exact) mass is 273 g/mol. The Labute approximate surface area is 119 Å². The van der Waals surface area contributed by atoms with Gasteiger partial charge < -0.3 is 5.11 Å². The molecule has 0 amide bonds. The zero-order chi connectivity index (χ0) is 14.2. The van der Waals surface area contributed by atoms with Gasteiger partial charge >= 0.3 is 0 Å². The lowest BCUT2D eigenvalue weighted by Crippen LogP contribution is -2.31. The zero-order valence-electron chi connectivity index (χ0n) is 11.5. The second-order valence-electron chi connectivity index (χ2n) is 4.92. The van der Waals surface area contributed by atoms with Crippen molar-refractivity contribution in [3.63, 3.8) is 0 Å². The molecule has 20 heavy (non-hydrogen) atoms. The van der Waals surface area contributed by atoms with Crippen molar-refractivity contribution in [3.8, 4) is 0 Å². The summed E-state index contributed by atoms with van der Waals surface area (Å²) >= 11 is 0. The van der Waals surface area contributed by atoms with E-state index in [-0.39, 0.29) is 6.54 Å². The van der Waals surface area contributed by atoms with Gasteiger partial charge in [0.15, 0.2) is 0 Å². The summed E-state index contributed by atoms with van der Waals surface area (Å²) in [7, 11) is 0. The molecule has 0 bridgehead atoms. The summed E-state index contributed by atoms with van der Waals surface area (Å²) in [6.45, 7) is 1.16. The van der Waals surface area contributed by atoms with E-state index in [1.807, 2.05) is 65.6 Å². The largest absolute Gasteiger partial charge is 0.393 e. The Bertz CT molecular complexity index is 447. The molecule has 2 aromatic rings. The number of hydrogen-bond acceptors (Lipinski definition) is 2. The third-order valence-electron chi connectivity index (χ3n) is 3.15. The van der Waals surface area contributed by atoms with Crippen LogP contribution in [0.25, 0.3) is 0 Å². The Morgan fingerprint density at radius 1 is 0.850 bits per heavy atom. The van der Waals surface area contributed by atoms with Crippen LogP contribution in [0.1, 0.15) is 11.1 Å². The standard InChI is InChI=1S/C17H20FNO/c18-17(14-20)13-19(11-15-7-3-1-4-8-15)12-16-9-5-2-6-10-16/h1-10,17,20H,11-14H2. The summed E-state index contributed by atoms with van der Waals surface area (Å²) < 4.78 is 13.5. The molecule has 0 aliphatic carbocycles. The van der Waals surface area contributed by atoms with E-state index in [4.69, 9.17) is 5.11 Å². The van der Waals surface area contributed by atoms with Crippen LogP contribution in [0.3, 0.4) is 0 Å². The minimum absolute atomic E-state index is 0.236. The lowest BCUT2D eigenvalue weighted by Gasteiger charge is -2.23. The van der Waals surface area contributed by atoms with E-state index < -0.39 is 12.8 Å². The van der Waals surface area contributed by atoms with Gasteiger partial charge in [-0.1, -0.05) is 60.7 Å². The van der Waals surface area contributed by atoms with Crippen LogP contribution in [0.15, 0.2) is 60.7 Å². The molecule has 2 nitrogen and oxygen atoms in total. The molecule has 0 aromatic heterocycles. The van der Waals surface area contributed by atoms with Gasteiger partial charge in [-0.15, -0.1) is 0 Å². The SMILES string of the molecule is OCC(F)CN(Cc1ccccc1)Cc1ccccc1. The normalized spacial score (nSPS) is 12.6. The van der Waals surface area contributed by atoms with Crippen molar-refractivity contribution < 1.29 is 9.50 Å². The van der Waals surface area contributed by atoms with E-state index in [1.54, 1.807) is 0 Å². The van der Waals surface area contributed by atoms with Crippen LogP contribution in [0.2, 0.25) is 0 Å². The van der Waals surface area contributed by atoms with Gasteiger partial charge in [-0.2, -0.15) is 0 Å². The van der Waals surface area contributed by atoms with Gasteiger partial charge in [0.1, 0.15) is 6.17 Å². The summed E-state index contributed by atoms with van der Waals surface area (Å²) in [5.74, 6) is 0. The second kappa shape index (κ2) is 7.78. The van der Waals surface area contributed by atoms with E-state index in [2.05, 4.69) is 0 Å².